The average Bonchev–Trinajstić information content (AvgIpc) is 2.87. The number of fused-ring (bicyclic) bond motifs is 1. The quantitative estimate of drug-likeness (QED) is 0.936. The number of carboxylic acids is 1. The van der Waals surface area contributed by atoms with Crippen molar-refractivity contribution in [2.24, 2.45) is 7.05 Å². The first-order valence-corrected chi connectivity index (χ1v) is 8.14. The monoisotopic (exact) mass is 331 g/mol. The van der Waals surface area contributed by atoms with Crippen molar-refractivity contribution < 1.29 is 14.3 Å². The van der Waals surface area contributed by atoms with Gasteiger partial charge in [-0.15, -0.1) is 0 Å². The van der Waals surface area contributed by atoms with Gasteiger partial charge >= 0.3 is 5.97 Å². The fourth-order valence-electron chi connectivity index (χ4n) is 3.41. The van der Waals surface area contributed by atoms with Crippen molar-refractivity contribution in [1.29, 1.82) is 0 Å². The smallest absolute Gasteiger partial charge is 0.336 e. The van der Waals surface area contributed by atoms with E-state index in [1.54, 1.807) is 0 Å². The fourth-order valence-corrected chi connectivity index (χ4v) is 3.41. The van der Waals surface area contributed by atoms with Gasteiger partial charge in [0.1, 0.15) is 5.82 Å². The molecule has 1 aliphatic heterocycles. The van der Waals surface area contributed by atoms with Gasteiger partial charge in [0.15, 0.2) is 0 Å². The highest BCUT2D eigenvalue weighted by molar-refractivity contribution is 5.90. The third kappa shape index (κ3) is 3.06. The van der Waals surface area contributed by atoms with Gasteiger partial charge in [-0.3, -0.25) is 9.58 Å². The van der Waals surface area contributed by atoms with E-state index in [0.29, 0.717) is 18.9 Å². The highest BCUT2D eigenvalue weighted by Crippen LogP contribution is 2.27. The van der Waals surface area contributed by atoms with E-state index < -0.39 is 11.8 Å². The number of halogens is 1. The van der Waals surface area contributed by atoms with Crippen LogP contribution in [0.3, 0.4) is 0 Å². The molecule has 5 nitrogen and oxygen atoms in total. The number of aromatic nitrogens is 2. The number of nitrogens with zero attached hydrogens (tertiary/aromatic N) is 3. The van der Waals surface area contributed by atoms with Crippen LogP contribution >= 0.6 is 0 Å². The van der Waals surface area contributed by atoms with Crippen molar-refractivity contribution in [2.45, 2.75) is 39.3 Å². The van der Waals surface area contributed by atoms with Crippen LogP contribution < -0.4 is 0 Å². The molecule has 0 saturated heterocycles. The highest BCUT2D eigenvalue weighted by Gasteiger charge is 2.24. The Morgan fingerprint density at radius 2 is 2.17 bits per heavy atom. The summed E-state index contributed by atoms with van der Waals surface area (Å²) in [4.78, 5) is 13.6. The molecule has 0 fully saturated rings. The van der Waals surface area contributed by atoms with Gasteiger partial charge < -0.3 is 5.11 Å². The molecular weight excluding hydrogens is 309 g/mol. The number of rotatable bonds is 4. The van der Waals surface area contributed by atoms with Crippen molar-refractivity contribution in [3.05, 3.63) is 52.1 Å². The maximum atomic E-state index is 13.8. The van der Waals surface area contributed by atoms with Crippen molar-refractivity contribution in [2.75, 3.05) is 6.54 Å². The molecule has 3 rings (SSSR count). The van der Waals surface area contributed by atoms with E-state index in [0.717, 1.165) is 36.0 Å². The van der Waals surface area contributed by atoms with E-state index in [4.69, 9.17) is 0 Å². The Bertz CT molecular complexity index is 783. The molecule has 0 saturated carbocycles. The summed E-state index contributed by atoms with van der Waals surface area (Å²) in [5, 5.41) is 13.6. The summed E-state index contributed by atoms with van der Waals surface area (Å²) in [5.41, 5.74) is 3.99. The zero-order valence-corrected chi connectivity index (χ0v) is 14.2. The van der Waals surface area contributed by atoms with Crippen molar-refractivity contribution in [3.8, 4) is 0 Å². The second-order valence-electron chi connectivity index (χ2n) is 6.68. The Balaban J connectivity index is 1.86. The number of aryl methyl sites for hydroxylation is 1. The van der Waals surface area contributed by atoms with Gasteiger partial charge in [0, 0.05) is 26.7 Å². The van der Waals surface area contributed by atoms with Crippen LogP contribution in [0.4, 0.5) is 4.39 Å². The molecule has 0 aliphatic carbocycles. The Hall–Kier alpha value is -2.21. The van der Waals surface area contributed by atoms with Gasteiger partial charge in [0.2, 0.25) is 0 Å². The van der Waals surface area contributed by atoms with Crippen molar-refractivity contribution in [1.82, 2.24) is 14.7 Å². The van der Waals surface area contributed by atoms with Crippen LogP contribution in [-0.2, 0) is 26.6 Å². The van der Waals surface area contributed by atoms with Crippen molar-refractivity contribution >= 4 is 5.97 Å². The number of hydrogen-bond acceptors (Lipinski definition) is 3. The Morgan fingerprint density at radius 1 is 1.42 bits per heavy atom. The van der Waals surface area contributed by atoms with Gasteiger partial charge in [-0.1, -0.05) is 13.8 Å². The molecule has 2 aromatic rings. The van der Waals surface area contributed by atoms with Crippen LogP contribution in [0, 0.1) is 5.82 Å². The zero-order valence-electron chi connectivity index (χ0n) is 14.2. The van der Waals surface area contributed by atoms with Crippen LogP contribution in [0.25, 0.3) is 0 Å². The maximum absolute atomic E-state index is 13.8. The molecule has 0 atom stereocenters. The van der Waals surface area contributed by atoms with Gasteiger partial charge in [0.25, 0.3) is 0 Å². The summed E-state index contributed by atoms with van der Waals surface area (Å²) < 4.78 is 15.6. The van der Waals surface area contributed by atoms with E-state index in [9.17, 15) is 14.3 Å². The standard InChI is InChI=1S/C18H22FN3O2/c1-11(2)16-8-20-21(3)17(16)10-22-5-4-14-12(9-22)6-13(19)7-15(14)18(23)24/h6-8,11H,4-5,9-10H2,1-3H3,(H,23,24). The molecule has 24 heavy (non-hydrogen) atoms. The second-order valence-corrected chi connectivity index (χ2v) is 6.68. The molecule has 128 valence electrons. The summed E-state index contributed by atoms with van der Waals surface area (Å²) in [6, 6.07) is 2.58. The number of carbonyl (C=O) groups is 1. The van der Waals surface area contributed by atoms with Crippen LogP contribution in [0.5, 0.6) is 0 Å². The minimum atomic E-state index is -1.06. The number of aromatic carboxylic acids is 1. The van der Waals surface area contributed by atoms with E-state index >= 15 is 0 Å². The largest absolute Gasteiger partial charge is 0.478 e. The van der Waals surface area contributed by atoms with Gasteiger partial charge in [-0.25, -0.2) is 9.18 Å². The molecule has 1 N–H and O–H groups in total. The predicted molar refractivity (Wildman–Crippen MR) is 88.5 cm³/mol. The summed E-state index contributed by atoms with van der Waals surface area (Å²) in [5.74, 6) is -1.16. The molecule has 0 amide bonds. The second kappa shape index (κ2) is 6.36. The SMILES string of the molecule is CC(C)c1cnn(C)c1CN1CCc2c(cc(F)cc2C(=O)O)C1. The summed E-state index contributed by atoms with van der Waals surface area (Å²) in [6.45, 7) is 6.31. The number of carboxylic acid groups (broad SMARTS) is 1. The van der Waals surface area contributed by atoms with E-state index in [2.05, 4.69) is 23.8 Å². The van der Waals surface area contributed by atoms with Crippen LogP contribution in [0.1, 0.15) is 52.5 Å². The number of benzene rings is 1. The molecular formula is C18H22FN3O2. The lowest BCUT2D eigenvalue weighted by Gasteiger charge is -2.30. The maximum Gasteiger partial charge on any atom is 0.336 e. The first-order chi connectivity index (χ1) is 11.4. The Labute approximate surface area is 140 Å². The molecule has 6 heteroatoms. The van der Waals surface area contributed by atoms with Gasteiger partial charge in [-0.2, -0.15) is 5.10 Å². The first kappa shape index (κ1) is 16.6. The highest BCUT2D eigenvalue weighted by atomic mass is 19.1. The molecule has 2 heterocycles. The minimum Gasteiger partial charge on any atom is -0.478 e. The van der Waals surface area contributed by atoms with Crippen LogP contribution in [-0.4, -0.2) is 32.3 Å². The lowest BCUT2D eigenvalue weighted by atomic mass is 9.94. The van der Waals surface area contributed by atoms with Crippen LogP contribution in [0.2, 0.25) is 0 Å². The number of hydrogen-bond donors (Lipinski definition) is 1. The van der Waals surface area contributed by atoms with Gasteiger partial charge in [-0.05, 0) is 41.2 Å². The predicted octanol–water partition coefficient (Wildman–Crippen LogP) is 2.94. The van der Waals surface area contributed by atoms with E-state index in [1.165, 1.54) is 11.6 Å². The third-order valence-corrected chi connectivity index (χ3v) is 4.70. The molecule has 0 spiro atoms. The lowest BCUT2D eigenvalue weighted by molar-refractivity contribution is 0.0694. The van der Waals surface area contributed by atoms with Crippen LogP contribution in [0.15, 0.2) is 18.3 Å². The van der Waals surface area contributed by atoms with E-state index in [-0.39, 0.29) is 5.56 Å². The first-order valence-electron chi connectivity index (χ1n) is 8.14. The third-order valence-electron chi connectivity index (χ3n) is 4.70. The topological polar surface area (TPSA) is 58.4 Å². The molecule has 1 aromatic carbocycles. The Morgan fingerprint density at radius 3 is 2.83 bits per heavy atom. The molecule has 0 radical (unpaired) electrons. The summed E-state index contributed by atoms with van der Waals surface area (Å²) >= 11 is 0. The molecule has 0 bridgehead atoms. The molecule has 0 unspecified atom stereocenters. The summed E-state index contributed by atoms with van der Waals surface area (Å²) in [6.07, 6.45) is 2.52. The molecule has 1 aromatic heterocycles. The average molecular weight is 331 g/mol. The lowest BCUT2D eigenvalue weighted by Crippen LogP contribution is -2.32. The Kier molecular flexibility index (Phi) is 4.41. The summed E-state index contributed by atoms with van der Waals surface area (Å²) in [7, 11) is 1.93. The minimum absolute atomic E-state index is 0.0908. The fraction of sp³-hybridized carbons (Fsp3) is 0.444. The normalized spacial score (nSPS) is 14.9. The van der Waals surface area contributed by atoms with Crippen molar-refractivity contribution in [3.63, 3.8) is 0 Å². The van der Waals surface area contributed by atoms with E-state index in [1.807, 2.05) is 17.9 Å². The molecule has 1 aliphatic rings. The van der Waals surface area contributed by atoms with Gasteiger partial charge in [0.05, 0.1) is 17.5 Å². The zero-order chi connectivity index (χ0) is 17.4.